The van der Waals surface area contributed by atoms with Crippen LogP contribution in [0.1, 0.15) is 38.5 Å². The van der Waals surface area contributed by atoms with Gasteiger partial charge in [-0.1, -0.05) is 23.7 Å². The van der Waals surface area contributed by atoms with Gasteiger partial charge in [0.2, 0.25) is 11.7 Å². The van der Waals surface area contributed by atoms with E-state index in [4.69, 9.17) is 34.8 Å². The zero-order valence-electron chi connectivity index (χ0n) is 22.1. The topological polar surface area (TPSA) is 89.5 Å². The van der Waals surface area contributed by atoms with Crippen LogP contribution in [-0.4, -0.2) is 34.9 Å². The van der Waals surface area contributed by atoms with Gasteiger partial charge in [-0.3, -0.25) is 14.4 Å². The summed E-state index contributed by atoms with van der Waals surface area (Å²) in [5.74, 6) is -10.4. The van der Waals surface area contributed by atoms with Gasteiger partial charge in [-0.05, 0) is 47.5 Å². The van der Waals surface area contributed by atoms with Gasteiger partial charge in [-0.2, -0.15) is 13.2 Å². The number of esters is 1. The van der Waals surface area contributed by atoms with Gasteiger partial charge in [-0.25, -0.2) is 18.0 Å². The van der Waals surface area contributed by atoms with E-state index < -0.39 is 87.2 Å². The number of carbonyl (C=O) groups excluding carboxylic acids is 4. The summed E-state index contributed by atoms with van der Waals surface area (Å²) < 4.78 is 85.0. The highest BCUT2D eigenvalue weighted by atomic mass is 35.5. The number of hydrogen-bond donors (Lipinski definition) is 1. The minimum absolute atomic E-state index is 0.00318. The number of anilines is 1. The van der Waals surface area contributed by atoms with Crippen molar-refractivity contribution >= 4 is 63.9 Å². The molecule has 6 nitrogen and oxygen atoms in total. The lowest BCUT2D eigenvalue weighted by Gasteiger charge is -2.11. The summed E-state index contributed by atoms with van der Waals surface area (Å²) in [4.78, 5) is 49.3. The molecule has 3 aromatic carbocycles. The van der Waals surface area contributed by atoms with Crippen LogP contribution in [0.5, 0.6) is 0 Å². The standard InChI is InChI=1S/C29H18Cl3F6NO5/c1-44-27(43)22(41)11-16-19(33)6-3-13(25(16)35)9-21(40)15-10-14(4-5-18(15)30)39-26(42)24-23(28(24,31)32)12-2-7-20(34)17(8-12)29(36,37)38/h2-8,10,23-24H,9,11H2,1H3,(H,39,42)/t23-,24+/m0/s1. The monoisotopic (exact) mass is 679 g/mol. The third-order valence-corrected chi connectivity index (χ3v) is 8.16. The molecule has 1 amide bonds. The van der Waals surface area contributed by atoms with E-state index >= 15 is 4.39 Å². The predicted molar refractivity (Wildman–Crippen MR) is 147 cm³/mol. The number of Topliss-reactive ketones (excluding diaryl/α,β-unsaturated/α-hetero) is 2. The van der Waals surface area contributed by atoms with Crippen molar-refractivity contribution in [3.8, 4) is 0 Å². The first-order valence-corrected chi connectivity index (χ1v) is 13.6. The molecule has 3 aromatic rings. The SMILES string of the molecule is COC(=O)C(=O)Cc1c(F)ccc(CC(=O)c2cc(NC(=O)[C@H]3[C@H](c4ccc(F)c(C(F)(F)F)c4)C3(Cl)Cl)ccc2Cl)c1F. The third-order valence-electron chi connectivity index (χ3n) is 6.89. The quantitative estimate of drug-likeness (QED) is 0.0864. The molecule has 0 heterocycles. The average Bonchev–Trinajstić information content (AvgIpc) is 3.54. The van der Waals surface area contributed by atoms with Gasteiger partial charge in [0.05, 0.1) is 23.6 Å². The fourth-order valence-corrected chi connectivity index (χ4v) is 5.67. The van der Waals surface area contributed by atoms with Crippen molar-refractivity contribution in [2.24, 2.45) is 5.92 Å². The fourth-order valence-electron chi connectivity index (χ4n) is 4.62. The molecule has 0 aromatic heterocycles. The number of ether oxygens (including phenoxy) is 1. The second-order valence-corrected chi connectivity index (χ2v) is 11.6. The molecule has 2 atom stereocenters. The van der Waals surface area contributed by atoms with Gasteiger partial charge in [0, 0.05) is 35.6 Å². The molecule has 1 fully saturated rings. The Morgan fingerprint density at radius 3 is 2.23 bits per heavy atom. The van der Waals surface area contributed by atoms with Crippen LogP contribution < -0.4 is 5.32 Å². The van der Waals surface area contributed by atoms with Crippen LogP contribution in [-0.2, 0) is 38.1 Å². The molecule has 0 aliphatic heterocycles. The van der Waals surface area contributed by atoms with E-state index in [1.807, 2.05) is 0 Å². The van der Waals surface area contributed by atoms with E-state index in [9.17, 15) is 41.1 Å². The maximum absolute atomic E-state index is 15.1. The van der Waals surface area contributed by atoms with Gasteiger partial charge in [0.1, 0.15) is 21.8 Å². The Morgan fingerprint density at radius 1 is 0.932 bits per heavy atom. The van der Waals surface area contributed by atoms with Crippen LogP contribution in [0, 0.1) is 23.4 Å². The molecule has 0 spiro atoms. The van der Waals surface area contributed by atoms with Gasteiger partial charge in [0.15, 0.2) is 5.78 Å². The lowest BCUT2D eigenvalue weighted by molar-refractivity contribution is -0.151. The normalized spacial score (nSPS) is 17.1. The lowest BCUT2D eigenvalue weighted by Crippen LogP contribution is -2.20. The zero-order valence-corrected chi connectivity index (χ0v) is 24.4. The number of methoxy groups -OCH3 is 1. The highest BCUT2D eigenvalue weighted by Crippen LogP contribution is 2.65. The third kappa shape index (κ3) is 6.72. The number of ketones is 2. The molecule has 232 valence electrons. The number of halogens is 9. The minimum Gasteiger partial charge on any atom is -0.463 e. The van der Waals surface area contributed by atoms with E-state index in [0.29, 0.717) is 12.1 Å². The first-order valence-electron chi connectivity index (χ1n) is 12.4. The summed E-state index contributed by atoms with van der Waals surface area (Å²) in [6.45, 7) is 0. The summed E-state index contributed by atoms with van der Waals surface area (Å²) in [6.07, 6.45) is -6.61. The van der Waals surface area contributed by atoms with Gasteiger partial charge in [-0.15, -0.1) is 23.2 Å². The highest BCUT2D eigenvalue weighted by molar-refractivity contribution is 6.53. The molecule has 4 rings (SSSR count). The number of amides is 1. The lowest BCUT2D eigenvalue weighted by atomic mass is 9.98. The molecule has 0 bridgehead atoms. The van der Waals surface area contributed by atoms with E-state index in [0.717, 1.165) is 31.4 Å². The first-order chi connectivity index (χ1) is 20.5. The maximum atomic E-state index is 15.1. The maximum Gasteiger partial charge on any atom is 0.419 e. The van der Waals surface area contributed by atoms with Crippen molar-refractivity contribution in [2.45, 2.75) is 29.3 Å². The van der Waals surface area contributed by atoms with Gasteiger partial charge in [0.25, 0.3) is 0 Å². The number of hydrogen-bond acceptors (Lipinski definition) is 5. The van der Waals surface area contributed by atoms with Crippen LogP contribution in [0.3, 0.4) is 0 Å². The van der Waals surface area contributed by atoms with Crippen molar-refractivity contribution < 1.29 is 50.3 Å². The van der Waals surface area contributed by atoms with Crippen molar-refractivity contribution in [1.82, 2.24) is 0 Å². The summed E-state index contributed by atoms with van der Waals surface area (Å²) in [6, 6.07) is 7.63. The summed E-state index contributed by atoms with van der Waals surface area (Å²) in [7, 11) is 0.922. The molecule has 1 saturated carbocycles. The van der Waals surface area contributed by atoms with Crippen LogP contribution >= 0.6 is 34.8 Å². The Bertz CT molecular complexity index is 1690. The number of alkyl halides is 5. The minimum atomic E-state index is -5.00. The van der Waals surface area contributed by atoms with E-state index in [2.05, 4.69) is 10.1 Å². The first kappa shape index (κ1) is 33.3. The Hall–Kier alpha value is -3.61. The smallest absolute Gasteiger partial charge is 0.419 e. The van der Waals surface area contributed by atoms with Crippen LogP contribution in [0.15, 0.2) is 48.5 Å². The number of nitrogens with one attached hydrogen (secondary N) is 1. The number of benzene rings is 3. The van der Waals surface area contributed by atoms with E-state index in [1.54, 1.807) is 0 Å². The van der Waals surface area contributed by atoms with Crippen molar-refractivity contribution in [3.05, 3.63) is 98.8 Å². The molecule has 15 heteroatoms. The Labute approximate surface area is 260 Å². The molecule has 0 radical (unpaired) electrons. The van der Waals surface area contributed by atoms with Crippen LogP contribution in [0.25, 0.3) is 0 Å². The predicted octanol–water partition coefficient (Wildman–Crippen LogP) is 7.01. The molecule has 44 heavy (non-hydrogen) atoms. The summed E-state index contributed by atoms with van der Waals surface area (Å²) in [5, 5.41) is 2.35. The average molecular weight is 681 g/mol. The van der Waals surface area contributed by atoms with Crippen LogP contribution in [0.4, 0.5) is 32.0 Å². The van der Waals surface area contributed by atoms with Crippen molar-refractivity contribution in [3.63, 3.8) is 0 Å². The fraction of sp³-hybridized carbons (Fsp3) is 0.241. The highest BCUT2D eigenvalue weighted by Gasteiger charge is 2.67. The zero-order chi connectivity index (χ0) is 32.7. The second-order valence-electron chi connectivity index (χ2n) is 9.74. The largest absolute Gasteiger partial charge is 0.463 e. The summed E-state index contributed by atoms with van der Waals surface area (Å²) in [5.41, 5.74) is -2.93. The number of carbonyl (C=O) groups is 4. The van der Waals surface area contributed by atoms with Gasteiger partial charge >= 0.3 is 12.1 Å². The molecule has 0 unspecified atom stereocenters. The molecule has 1 aliphatic carbocycles. The van der Waals surface area contributed by atoms with E-state index in [1.165, 1.54) is 12.1 Å². The second kappa shape index (κ2) is 12.4. The van der Waals surface area contributed by atoms with Crippen molar-refractivity contribution in [1.29, 1.82) is 0 Å². The van der Waals surface area contributed by atoms with Crippen LogP contribution in [0.2, 0.25) is 5.02 Å². The molecule has 0 saturated heterocycles. The molecule has 1 N–H and O–H groups in total. The Balaban J connectivity index is 1.52. The van der Waals surface area contributed by atoms with Gasteiger partial charge < -0.3 is 10.1 Å². The van der Waals surface area contributed by atoms with E-state index in [-0.39, 0.29) is 27.4 Å². The van der Waals surface area contributed by atoms with Crippen molar-refractivity contribution in [2.75, 3.05) is 12.4 Å². The Morgan fingerprint density at radius 2 is 1.59 bits per heavy atom. The molecular formula is C29H18Cl3F6NO5. The number of rotatable bonds is 9. The molecular weight excluding hydrogens is 663 g/mol. The summed E-state index contributed by atoms with van der Waals surface area (Å²) >= 11 is 18.6. The molecule has 1 aliphatic rings. The Kier molecular flexibility index (Phi) is 9.39.